The maximum atomic E-state index is 12.0. The molecule has 1 atom stereocenters. The maximum Gasteiger partial charge on any atom is 0.264 e. The summed E-state index contributed by atoms with van der Waals surface area (Å²) in [5.74, 6) is -0.889. The van der Waals surface area contributed by atoms with Gasteiger partial charge in [-0.05, 0) is 31.4 Å². The highest BCUT2D eigenvalue weighted by atomic mass is 32.2. The van der Waals surface area contributed by atoms with E-state index < -0.39 is 10.1 Å². The third kappa shape index (κ3) is 5.73. The standard InChI is InChI=1S/C18H25N3O6S/c1-28(24,25)27-11-10-26-14-6-8-21(9-7-14)13-2-4-16(19-12-13)15-3-5-17(22)20-18(15)23/h2,4,12,14-15H,3,5-11H2,1H3,(H,20,22,23). The molecule has 2 saturated heterocycles. The number of anilines is 1. The molecule has 1 unspecified atom stereocenters. The summed E-state index contributed by atoms with van der Waals surface area (Å²) in [5, 5.41) is 2.36. The molecular formula is C18H25N3O6S. The number of hydrogen-bond acceptors (Lipinski definition) is 8. The van der Waals surface area contributed by atoms with Crippen LogP contribution in [0, 0.1) is 0 Å². The molecule has 0 bridgehead atoms. The van der Waals surface area contributed by atoms with Gasteiger partial charge in [-0.15, -0.1) is 0 Å². The Balaban J connectivity index is 1.46. The van der Waals surface area contributed by atoms with Gasteiger partial charge < -0.3 is 9.64 Å². The number of hydrogen-bond donors (Lipinski definition) is 1. The minimum Gasteiger partial charge on any atom is -0.376 e. The van der Waals surface area contributed by atoms with Gasteiger partial charge in [0.1, 0.15) is 0 Å². The fourth-order valence-electron chi connectivity index (χ4n) is 3.45. The van der Waals surface area contributed by atoms with Crippen molar-refractivity contribution in [2.45, 2.75) is 37.7 Å². The van der Waals surface area contributed by atoms with Gasteiger partial charge in [-0.2, -0.15) is 8.42 Å². The normalized spacial score (nSPS) is 21.6. The lowest BCUT2D eigenvalue weighted by molar-refractivity contribution is -0.134. The summed E-state index contributed by atoms with van der Waals surface area (Å²) in [4.78, 5) is 29.9. The topological polar surface area (TPSA) is 115 Å². The maximum absolute atomic E-state index is 12.0. The molecule has 2 fully saturated rings. The van der Waals surface area contributed by atoms with Crippen LogP contribution >= 0.6 is 0 Å². The zero-order valence-corrected chi connectivity index (χ0v) is 16.6. The number of carbonyl (C=O) groups excluding carboxylic acids is 2. The van der Waals surface area contributed by atoms with Crippen LogP contribution in [0.1, 0.15) is 37.3 Å². The van der Waals surface area contributed by atoms with Crippen molar-refractivity contribution in [3.05, 3.63) is 24.0 Å². The largest absolute Gasteiger partial charge is 0.376 e. The SMILES string of the molecule is CS(=O)(=O)OCCOC1CCN(c2ccc(C3CCC(=O)NC3=O)nc2)CC1. The van der Waals surface area contributed by atoms with E-state index in [1.807, 2.05) is 12.1 Å². The van der Waals surface area contributed by atoms with E-state index in [1.165, 1.54) is 0 Å². The molecule has 2 aliphatic heterocycles. The summed E-state index contributed by atoms with van der Waals surface area (Å²) in [6, 6.07) is 3.80. The van der Waals surface area contributed by atoms with E-state index in [9.17, 15) is 18.0 Å². The number of ether oxygens (including phenoxy) is 1. The van der Waals surface area contributed by atoms with Crippen molar-refractivity contribution in [1.29, 1.82) is 0 Å². The molecule has 3 heterocycles. The number of carbonyl (C=O) groups is 2. The van der Waals surface area contributed by atoms with Gasteiger partial charge in [0.2, 0.25) is 11.8 Å². The first kappa shape index (κ1) is 20.7. The number of imide groups is 1. The summed E-state index contributed by atoms with van der Waals surface area (Å²) < 4.78 is 32.2. The first-order valence-electron chi connectivity index (χ1n) is 9.32. The summed E-state index contributed by atoms with van der Waals surface area (Å²) in [5.41, 5.74) is 1.66. The van der Waals surface area contributed by atoms with Gasteiger partial charge in [0, 0.05) is 19.5 Å². The lowest BCUT2D eigenvalue weighted by atomic mass is 9.94. The van der Waals surface area contributed by atoms with E-state index in [4.69, 9.17) is 4.74 Å². The summed E-state index contributed by atoms with van der Waals surface area (Å²) >= 11 is 0. The number of piperidine rings is 2. The van der Waals surface area contributed by atoms with Gasteiger partial charge in [-0.3, -0.25) is 24.1 Å². The number of rotatable bonds is 7. The molecule has 0 aliphatic carbocycles. The lowest BCUT2D eigenvalue weighted by Crippen LogP contribution is -2.40. The third-order valence-electron chi connectivity index (χ3n) is 4.91. The van der Waals surface area contributed by atoms with E-state index in [0.29, 0.717) is 18.5 Å². The Kier molecular flexibility index (Phi) is 6.63. The Morgan fingerprint density at radius 2 is 1.93 bits per heavy atom. The highest BCUT2D eigenvalue weighted by Gasteiger charge is 2.29. The first-order chi connectivity index (χ1) is 13.3. The average molecular weight is 411 g/mol. The van der Waals surface area contributed by atoms with E-state index in [2.05, 4.69) is 19.4 Å². The summed E-state index contributed by atoms with van der Waals surface area (Å²) in [6.45, 7) is 1.89. The molecule has 2 amide bonds. The Morgan fingerprint density at radius 1 is 1.18 bits per heavy atom. The molecule has 154 valence electrons. The van der Waals surface area contributed by atoms with Gasteiger partial charge in [-0.1, -0.05) is 0 Å². The minimum absolute atomic E-state index is 0.0325. The lowest BCUT2D eigenvalue weighted by Gasteiger charge is -2.33. The molecular weight excluding hydrogens is 386 g/mol. The van der Waals surface area contributed by atoms with Crippen molar-refractivity contribution < 1.29 is 26.9 Å². The van der Waals surface area contributed by atoms with Crippen LogP contribution in [-0.2, 0) is 28.6 Å². The van der Waals surface area contributed by atoms with Crippen molar-refractivity contribution in [3.63, 3.8) is 0 Å². The molecule has 1 aromatic rings. The van der Waals surface area contributed by atoms with Crippen LogP contribution in [-0.4, -0.2) is 63.9 Å². The van der Waals surface area contributed by atoms with Crippen molar-refractivity contribution in [1.82, 2.24) is 10.3 Å². The van der Waals surface area contributed by atoms with Crippen molar-refractivity contribution in [2.24, 2.45) is 0 Å². The summed E-state index contributed by atoms with van der Waals surface area (Å²) in [6.07, 6.45) is 5.34. The fraction of sp³-hybridized carbons (Fsp3) is 0.611. The van der Waals surface area contributed by atoms with E-state index in [-0.39, 0.29) is 37.0 Å². The molecule has 1 N–H and O–H groups in total. The molecule has 0 spiro atoms. The second-order valence-electron chi connectivity index (χ2n) is 7.03. The van der Waals surface area contributed by atoms with E-state index >= 15 is 0 Å². The third-order valence-corrected chi connectivity index (χ3v) is 5.50. The molecule has 0 radical (unpaired) electrons. The molecule has 0 aromatic carbocycles. The number of nitrogens with zero attached hydrogens (tertiary/aromatic N) is 2. The van der Waals surface area contributed by atoms with Gasteiger partial charge in [0.05, 0.1) is 49.1 Å². The van der Waals surface area contributed by atoms with Crippen molar-refractivity contribution in [2.75, 3.05) is 37.5 Å². The Hall–Kier alpha value is -2.04. The quantitative estimate of drug-likeness (QED) is 0.393. The van der Waals surface area contributed by atoms with Crippen molar-refractivity contribution >= 4 is 27.6 Å². The zero-order chi connectivity index (χ0) is 20.1. The number of aromatic nitrogens is 1. The fourth-order valence-corrected chi connectivity index (χ4v) is 3.82. The van der Waals surface area contributed by atoms with Crippen LogP contribution in [0.4, 0.5) is 5.69 Å². The second kappa shape index (κ2) is 8.97. The molecule has 3 rings (SSSR count). The van der Waals surface area contributed by atoms with Gasteiger partial charge in [-0.25, -0.2) is 0 Å². The Morgan fingerprint density at radius 3 is 2.54 bits per heavy atom. The highest BCUT2D eigenvalue weighted by Crippen LogP contribution is 2.26. The van der Waals surface area contributed by atoms with Crippen LogP contribution < -0.4 is 10.2 Å². The molecule has 9 nitrogen and oxygen atoms in total. The Labute approximate surface area is 164 Å². The van der Waals surface area contributed by atoms with Gasteiger partial charge >= 0.3 is 0 Å². The molecule has 1 aromatic heterocycles. The molecule has 0 saturated carbocycles. The van der Waals surface area contributed by atoms with E-state index in [1.54, 1.807) is 6.20 Å². The number of amides is 2. The van der Waals surface area contributed by atoms with Crippen LogP contribution in [0.5, 0.6) is 0 Å². The Bertz CT molecular complexity index is 803. The highest BCUT2D eigenvalue weighted by molar-refractivity contribution is 7.85. The monoisotopic (exact) mass is 411 g/mol. The average Bonchev–Trinajstić information content (AvgIpc) is 2.65. The van der Waals surface area contributed by atoms with Gasteiger partial charge in [0.25, 0.3) is 10.1 Å². The predicted octanol–water partition coefficient (Wildman–Crippen LogP) is 0.563. The number of nitrogens with one attached hydrogen (secondary N) is 1. The van der Waals surface area contributed by atoms with Crippen LogP contribution in [0.2, 0.25) is 0 Å². The zero-order valence-electron chi connectivity index (χ0n) is 15.8. The second-order valence-corrected chi connectivity index (χ2v) is 8.67. The van der Waals surface area contributed by atoms with Gasteiger partial charge in [0.15, 0.2) is 0 Å². The summed E-state index contributed by atoms with van der Waals surface area (Å²) in [7, 11) is -3.43. The minimum atomic E-state index is -3.43. The smallest absolute Gasteiger partial charge is 0.264 e. The van der Waals surface area contributed by atoms with Crippen LogP contribution in [0.3, 0.4) is 0 Å². The van der Waals surface area contributed by atoms with E-state index in [0.717, 1.165) is 37.9 Å². The molecule has 10 heteroatoms. The molecule has 2 aliphatic rings. The predicted molar refractivity (Wildman–Crippen MR) is 101 cm³/mol. The first-order valence-corrected chi connectivity index (χ1v) is 11.1. The van der Waals surface area contributed by atoms with Crippen LogP contribution in [0.15, 0.2) is 18.3 Å². The van der Waals surface area contributed by atoms with Crippen LogP contribution in [0.25, 0.3) is 0 Å². The molecule has 28 heavy (non-hydrogen) atoms. The van der Waals surface area contributed by atoms with Crippen molar-refractivity contribution in [3.8, 4) is 0 Å². The number of pyridine rings is 1.